The van der Waals surface area contributed by atoms with Crippen LogP contribution in [0, 0.1) is 11.8 Å². The summed E-state index contributed by atoms with van der Waals surface area (Å²) in [4.78, 5) is 21.5. The first kappa shape index (κ1) is 15.6. The van der Waals surface area contributed by atoms with E-state index in [-0.39, 0.29) is 11.5 Å². The van der Waals surface area contributed by atoms with Gasteiger partial charge in [0.25, 0.3) is 0 Å². The Morgan fingerprint density at radius 1 is 1.42 bits per heavy atom. The van der Waals surface area contributed by atoms with Crippen LogP contribution < -0.4 is 0 Å². The van der Waals surface area contributed by atoms with Crippen LogP contribution >= 0.6 is 23.4 Å². The highest BCUT2D eigenvalue weighted by molar-refractivity contribution is 8.13. The number of rotatable bonds is 4. The Balaban J connectivity index is 2.74. The standard InChI is InChI=1S/C14H13ClO3S/c1-10(16)19-7-3-2-4-11-5-6-13(15)8-12(11)9-14(17)18/h5-6,8H,3,7,9H2,1H3,(H,17,18). The molecule has 0 fully saturated rings. The number of hydrogen-bond acceptors (Lipinski definition) is 3. The fourth-order valence-electron chi connectivity index (χ4n) is 1.40. The third kappa shape index (κ3) is 6.32. The predicted molar refractivity (Wildman–Crippen MR) is 77.4 cm³/mol. The van der Waals surface area contributed by atoms with Crippen molar-refractivity contribution in [2.24, 2.45) is 0 Å². The van der Waals surface area contributed by atoms with Crippen molar-refractivity contribution in [2.75, 3.05) is 5.75 Å². The molecule has 5 heteroatoms. The molecule has 1 N–H and O–H groups in total. The maximum Gasteiger partial charge on any atom is 0.307 e. The Kier molecular flexibility index (Phi) is 6.48. The quantitative estimate of drug-likeness (QED) is 0.685. The van der Waals surface area contributed by atoms with Gasteiger partial charge in [-0.25, -0.2) is 0 Å². The highest BCUT2D eigenvalue weighted by atomic mass is 35.5. The molecule has 0 saturated carbocycles. The van der Waals surface area contributed by atoms with Gasteiger partial charge in [0.1, 0.15) is 0 Å². The molecule has 0 spiro atoms. The Hall–Kier alpha value is -1.44. The summed E-state index contributed by atoms with van der Waals surface area (Å²) in [6, 6.07) is 5.01. The molecule has 1 rings (SSSR count). The van der Waals surface area contributed by atoms with E-state index in [0.29, 0.717) is 28.3 Å². The van der Waals surface area contributed by atoms with Gasteiger partial charge >= 0.3 is 5.97 Å². The third-order valence-corrected chi connectivity index (χ3v) is 3.21. The summed E-state index contributed by atoms with van der Waals surface area (Å²) in [5, 5.41) is 9.38. The second-order valence-corrected chi connectivity index (χ2v) is 5.47. The Morgan fingerprint density at radius 2 is 2.16 bits per heavy atom. The van der Waals surface area contributed by atoms with Crippen molar-refractivity contribution in [1.29, 1.82) is 0 Å². The number of thioether (sulfide) groups is 1. The van der Waals surface area contributed by atoms with Crippen molar-refractivity contribution >= 4 is 34.4 Å². The second-order valence-electron chi connectivity index (χ2n) is 3.76. The number of carboxylic acid groups (broad SMARTS) is 1. The van der Waals surface area contributed by atoms with E-state index in [1.54, 1.807) is 18.2 Å². The largest absolute Gasteiger partial charge is 0.481 e. The van der Waals surface area contributed by atoms with Gasteiger partial charge in [-0.3, -0.25) is 9.59 Å². The van der Waals surface area contributed by atoms with Gasteiger partial charge in [0, 0.05) is 29.7 Å². The number of carbonyl (C=O) groups excluding carboxylic acids is 1. The van der Waals surface area contributed by atoms with Crippen LogP contribution in [-0.4, -0.2) is 21.9 Å². The zero-order chi connectivity index (χ0) is 14.3. The average molecular weight is 297 g/mol. The molecule has 0 aromatic heterocycles. The highest BCUT2D eigenvalue weighted by Gasteiger charge is 2.06. The summed E-state index contributed by atoms with van der Waals surface area (Å²) in [5.74, 6) is 5.58. The fourth-order valence-corrected chi connectivity index (χ4v) is 2.08. The molecule has 0 unspecified atom stereocenters. The molecule has 0 heterocycles. The number of hydrogen-bond donors (Lipinski definition) is 1. The van der Waals surface area contributed by atoms with E-state index in [1.807, 2.05) is 0 Å². The molecular weight excluding hydrogens is 284 g/mol. The van der Waals surface area contributed by atoms with Crippen LogP contribution in [0.1, 0.15) is 24.5 Å². The summed E-state index contributed by atoms with van der Waals surface area (Å²) in [5.41, 5.74) is 1.27. The second kappa shape index (κ2) is 7.88. The minimum atomic E-state index is -0.919. The van der Waals surface area contributed by atoms with Crippen molar-refractivity contribution < 1.29 is 14.7 Å². The SMILES string of the molecule is CC(=O)SCCC#Cc1ccc(Cl)cc1CC(=O)O. The van der Waals surface area contributed by atoms with Crippen LogP contribution in [0.2, 0.25) is 5.02 Å². The molecule has 0 aliphatic heterocycles. The van der Waals surface area contributed by atoms with Gasteiger partial charge < -0.3 is 5.11 Å². The van der Waals surface area contributed by atoms with Crippen molar-refractivity contribution in [3.8, 4) is 11.8 Å². The highest BCUT2D eigenvalue weighted by Crippen LogP contribution is 2.16. The molecule has 0 radical (unpaired) electrons. The summed E-state index contributed by atoms with van der Waals surface area (Å²) in [7, 11) is 0. The number of carboxylic acids is 1. The number of carbonyl (C=O) groups is 2. The van der Waals surface area contributed by atoms with Crippen molar-refractivity contribution in [3.63, 3.8) is 0 Å². The molecule has 100 valence electrons. The molecular formula is C14H13ClO3S. The average Bonchev–Trinajstić information content (AvgIpc) is 2.30. The molecule has 0 saturated heterocycles. The molecule has 0 bridgehead atoms. The van der Waals surface area contributed by atoms with E-state index in [2.05, 4.69) is 11.8 Å². The van der Waals surface area contributed by atoms with E-state index in [1.165, 1.54) is 18.7 Å². The zero-order valence-electron chi connectivity index (χ0n) is 10.4. The van der Waals surface area contributed by atoms with E-state index in [0.717, 1.165) is 0 Å². The van der Waals surface area contributed by atoms with E-state index in [4.69, 9.17) is 16.7 Å². The topological polar surface area (TPSA) is 54.4 Å². The van der Waals surface area contributed by atoms with Gasteiger partial charge in [-0.1, -0.05) is 35.2 Å². The van der Waals surface area contributed by atoms with Gasteiger partial charge in [0.15, 0.2) is 5.12 Å². The van der Waals surface area contributed by atoms with E-state index >= 15 is 0 Å². The lowest BCUT2D eigenvalue weighted by Gasteiger charge is -2.02. The van der Waals surface area contributed by atoms with Gasteiger partial charge in [-0.05, 0) is 23.8 Å². The Bertz CT molecular complexity index is 543. The van der Waals surface area contributed by atoms with Crippen LogP contribution in [-0.2, 0) is 16.0 Å². The maximum absolute atomic E-state index is 10.8. The van der Waals surface area contributed by atoms with Gasteiger partial charge in [0.2, 0.25) is 0 Å². The smallest absolute Gasteiger partial charge is 0.307 e. The Morgan fingerprint density at radius 3 is 2.79 bits per heavy atom. The fraction of sp³-hybridized carbons (Fsp3) is 0.286. The first-order chi connectivity index (χ1) is 8.99. The predicted octanol–water partition coefficient (Wildman–Crippen LogP) is 2.99. The molecule has 19 heavy (non-hydrogen) atoms. The minimum absolute atomic E-state index is 0.0693. The van der Waals surface area contributed by atoms with E-state index < -0.39 is 5.97 Å². The monoisotopic (exact) mass is 296 g/mol. The first-order valence-electron chi connectivity index (χ1n) is 5.61. The van der Waals surface area contributed by atoms with Crippen molar-refractivity contribution in [3.05, 3.63) is 34.3 Å². The lowest BCUT2D eigenvalue weighted by atomic mass is 10.0. The number of aliphatic carboxylic acids is 1. The lowest BCUT2D eigenvalue weighted by Crippen LogP contribution is -2.02. The number of benzene rings is 1. The van der Waals surface area contributed by atoms with Crippen LogP contribution in [0.3, 0.4) is 0 Å². The summed E-state index contributed by atoms with van der Waals surface area (Å²) in [6.07, 6.45) is 0.478. The maximum atomic E-state index is 10.8. The van der Waals surface area contributed by atoms with Crippen LogP contribution in [0.4, 0.5) is 0 Å². The molecule has 1 aromatic carbocycles. The minimum Gasteiger partial charge on any atom is -0.481 e. The van der Waals surface area contributed by atoms with Gasteiger partial charge in [-0.15, -0.1) is 0 Å². The lowest BCUT2D eigenvalue weighted by molar-refractivity contribution is -0.136. The molecule has 0 aliphatic rings. The van der Waals surface area contributed by atoms with Crippen LogP contribution in [0.15, 0.2) is 18.2 Å². The summed E-state index contributed by atoms with van der Waals surface area (Å²) < 4.78 is 0. The van der Waals surface area contributed by atoms with E-state index in [9.17, 15) is 9.59 Å². The molecule has 0 amide bonds. The molecule has 1 aromatic rings. The van der Waals surface area contributed by atoms with Gasteiger partial charge in [-0.2, -0.15) is 0 Å². The van der Waals surface area contributed by atoms with Crippen LogP contribution in [0.5, 0.6) is 0 Å². The molecule has 0 atom stereocenters. The van der Waals surface area contributed by atoms with Crippen molar-refractivity contribution in [2.45, 2.75) is 19.8 Å². The Labute approximate surface area is 121 Å². The van der Waals surface area contributed by atoms with Crippen molar-refractivity contribution in [1.82, 2.24) is 0 Å². The first-order valence-corrected chi connectivity index (χ1v) is 6.98. The number of halogens is 1. The summed E-state index contributed by atoms with van der Waals surface area (Å²) in [6.45, 7) is 1.52. The summed E-state index contributed by atoms with van der Waals surface area (Å²) >= 11 is 7.06. The zero-order valence-corrected chi connectivity index (χ0v) is 12.0. The molecule has 0 aliphatic carbocycles. The normalized spacial score (nSPS) is 9.58. The molecule has 3 nitrogen and oxygen atoms in total. The van der Waals surface area contributed by atoms with Gasteiger partial charge in [0.05, 0.1) is 6.42 Å². The van der Waals surface area contributed by atoms with Crippen LogP contribution in [0.25, 0.3) is 0 Å². The third-order valence-electron chi connectivity index (χ3n) is 2.16.